The molecular weight excluding hydrogens is 381 g/mol. The van der Waals surface area contributed by atoms with Gasteiger partial charge in [-0.1, -0.05) is 32.1 Å². The minimum absolute atomic E-state index is 0.0933. The van der Waals surface area contributed by atoms with Gasteiger partial charge in [-0.25, -0.2) is 4.79 Å². The predicted molar refractivity (Wildman–Crippen MR) is 90.6 cm³/mol. The van der Waals surface area contributed by atoms with Gasteiger partial charge in [0.25, 0.3) is 0 Å². The van der Waals surface area contributed by atoms with Gasteiger partial charge in [-0.15, -0.1) is 0 Å². The normalized spacial score (nSPS) is 15.7. The lowest BCUT2D eigenvalue weighted by atomic mass is 9.86. The molecule has 0 aliphatic heterocycles. The van der Waals surface area contributed by atoms with Gasteiger partial charge in [-0.05, 0) is 53.1 Å². The van der Waals surface area contributed by atoms with E-state index < -0.39 is 5.97 Å². The van der Waals surface area contributed by atoms with Crippen LogP contribution >= 0.6 is 22.6 Å². The van der Waals surface area contributed by atoms with E-state index in [0.717, 1.165) is 9.99 Å². The number of benzene rings is 1. The average Bonchev–Trinajstić information content (AvgIpc) is 2.48. The van der Waals surface area contributed by atoms with Crippen LogP contribution in [0.4, 0.5) is 5.69 Å². The Morgan fingerprint density at radius 1 is 1.24 bits per heavy atom. The van der Waals surface area contributed by atoms with E-state index in [0.29, 0.717) is 18.0 Å². The summed E-state index contributed by atoms with van der Waals surface area (Å²) in [5, 5.41) is 11.9. The Morgan fingerprint density at radius 2 is 1.95 bits per heavy atom. The minimum atomic E-state index is -1.02. The van der Waals surface area contributed by atoms with Crippen molar-refractivity contribution in [2.75, 3.05) is 5.32 Å². The Bertz CT molecular complexity index is 524. The van der Waals surface area contributed by atoms with Crippen molar-refractivity contribution in [2.24, 2.45) is 5.92 Å². The maximum absolute atomic E-state index is 12.0. The Hall–Kier alpha value is -1.11. The van der Waals surface area contributed by atoms with Crippen molar-refractivity contribution >= 4 is 40.2 Å². The molecule has 0 radical (unpaired) electrons. The highest BCUT2D eigenvalue weighted by Gasteiger charge is 2.16. The number of aromatic carboxylic acids is 1. The lowest BCUT2D eigenvalue weighted by molar-refractivity contribution is -0.116. The van der Waals surface area contributed by atoms with E-state index >= 15 is 0 Å². The molecule has 1 aliphatic carbocycles. The third-order valence-electron chi connectivity index (χ3n) is 3.99. The lowest BCUT2D eigenvalue weighted by Crippen LogP contribution is -2.16. The molecule has 1 amide bonds. The second-order valence-electron chi connectivity index (χ2n) is 5.59. The van der Waals surface area contributed by atoms with E-state index in [1.165, 1.54) is 32.1 Å². The summed E-state index contributed by atoms with van der Waals surface area (Å²) >= 11 is 2.06. The van der Waals surface area contributed by atoms with E-state index in [1.807, 2.05) is 0 Å². The Balaban J connectivity index is 1.91. The van der Waals surface area contributed by atoms with Gasteiger partial charge in [0, 0.05) is 9.99 Å². The van der Waals surface area contributed by atoms with Crippen LogP contribution in [0.2, 0.25) is 0 Å². The first kappa shape index (κ1) is 16.3. The van der Waals surface area contributed by atoms with Crippen LogP contribution in [0.1, 0.15) is 55.3 Å². The summed E-state index contributed by atoms with van der Waals surface area (Å²) in [7, 11) is 0. The van der Waals surface area contributed by atoms with Crippen molar-refractivity contribution in [3.05, 3.63) is 27.3 Å². The number of carboxylic acids is 1. The van der Waals surface area contributed by atoms with Crippen LogP contribution in [-0.4, -0.2) is 17.0 Å². The largest absolute Gasteiger partial charge is 0.478 e. The smallest absolute Gasteiger partial charge is 0.337 e. The van der Waals surface area contributed by atoms with Gasteiger partial charge in [0.15, 0.2) is 0 Å². The summed E-state index contributed by atoms with van der Waals surface area (Å²) in [4.78, 5) is 23.2. The molecule has 1 aromatic carbocycles. The summed E-state index contributed by atoms with van der Waals surface area (Å²) in [5.41, 5.74) is 0.532. The molecule has 1 saturated carbocycles. The van der Waals surface area contributed by atoms with Crippen molar-refractivity contribution in [1.82, 2.24) is 0 Å². The Labute approximate surface area is 138 Å². The Kier molecular flexibility index (Phi) is 6.02. The highest BCUT2D eigenvalue weighted by atomic mass is 127. The fraction of sp³-hybridized carbons (Fsp3) is 0.500. The van der Waals surface area contributed by atoms with Crippen LogP contribution in [0.3, 0.4) is 0 Å². The SMILES string of the molecule is O=C(CCC1CCCCC1)Nc1ccc(I)cc1C(=O)O. The zero-order valence-corrected chi connectivity index (χ0v) is 14.1. The lowest BCUT2D eigenvalue weighted by Gasteiger charge is -2.21. The molecule has 2 N–H and O–H groups in total. The molecule has 0 heterocycles. The molecule has 5 heteroatoms. The third-order valence-corrected chi connectivity index (χ3v) is 4.66. The van der Waals surface area contributed by atoms with Gasteiger partial charge in [0.2, 0.25) is 5.91 Å². The van der Waals surface area contributed by atoms with Crippen molar-refractivity contribution in [3.8, 4) is 0 Å². The molecule has 1 fully saturated rings. The summed E-state index contributed by atoms with van der Waals surface area (Å²) in [6, 6.07) is 5.02. The first-order chi connectivity index (χ1) is 10.1. The number of nitrogens with one attached hydrogen (secondary N) is 1. The number of halogens is 1. The fourth-order valence-electron chi connectivity index (χ4n) is 2.83. The molecule has 114 valence electrons. The molecule has 21 heavy (non-hydrogen) atoms. The maximum Gasteiger partial charge on any atom is 0.337 e. The van der Waals surface area contributed by atoms with Gasteiger partial charge in [-0.2, -0.15) is 0 Å². The average molecular weight is 401 g/mol. The molecule has 0 unspecified atom stereocenters. The van der Waals surface area contributed by atoms with Crippen LogP contribution in [0.25, 0.3) is 0 Å². The topological polar surface area (TPSA) is 66.4 Å². The van der Waals surface area contributed by atoms with E-state index in [-0.39, 0.29) is 11.5 Å². The second-order valence-corrected chi connectivity index (χ2v) is 6.83. The first-order valence-electron chi connectivity index (χ1n) is 7.39. The van der Waals surface area contributed by atoms with Gasteiger partial charge in [0.1, 0.15) is 0 Å². The third kappa shape index (κ3) is 4.98. The van der Waals surface area contributed by atoms with E-state index in [2.05, 4.69) is 27.9 Å². The Morgan fingerprint density at radius 3 is 2.62 bits per heavy atom. The van der Waals surface area contributed by atoms with Crippen molar-refractivity contribution in [1.29, 1.82) is 0 Å². The van der Waals surface area contributed by atoms with Crippen LogP contribution in [0.5, 0.6) is 0 Å². The molecule has 0 spiro atoms. The van der Waals surface area contributed by atoms with E-state index in [1.54, 1.807) is 18.2 Å². The number of anilines is 1. The minimum Gasteiger partial charge on any atom is -0.478 e. The molecule has 4 nitrogen and oxygen atoms in total. The van der Waals surface area contributed by atoms with E-state index in [4.69, 9.17) is 0 Å². The first-order valence-corrected chi connectivity index (χ1v) is 8.47. The second kappa shape index (κ2) is 7.77. The highest BCUT2D eigenvalue weighted by molar-refractivity contribution is 14.1. The maximum atomic E-state index is 12.0. The summed E-state index contributed by atoms with van der Waals surface area (Å²) < 4.78 is 0.838. The molecule has 1 aliphatic rings. The summed E-state index contributed by atoms with van der Waals surface area (Å²) in [5.74, 6) is -0.458. The van der Waals surface area contributed by atoms with Crippen molar-refractivity contribution < 1.29 is 14.7 Å². The van der Waals surface area contributed by atoms with Gasteiger partial charge < -0.3 is 10.4 Å². The molecule has 1 aromatic rings. The highest BCUT2D eigenvalue weighted by Crippen LogP contribution is 2.27. The number of carboxylic acid groups (broad SMARTS) is 1. The van der Waals surface area contributed by atoms with Gasteiger partial charge >= 0.3 is 5.97 Å². The van der Waals surface area contributed by atoms with Gasteiger partial charge in [-0.3, -0.25) is 4.79 Å². The predicted octanol–water partition coefficient (Wildman–Crippen LogP) is 4.29. The number of hydrogen-bond donors (Lipinski definition) is 2. The summed E-state index contributed by atoms with van der Waals surface area (Å²) in [6.45, 7) is 0. The standard InChI is InChI=1S/C16H20INO3/c17-12-7-8-14(13(10-12)16(20)21)18-15(19)9-6-11-4-2-1-3-5-11/h7-8,10-11H,1-6,9H2,(H,18,19)(H,20,21). The van der Waals surface area contributed by atoms with Crippen LogP contribution in [-0.2, 0) is 4.79 Å². The van der Waals surface area contributed by atoms with Crippen LogP contribution in [0, 0.1) is 9.49 Å². The number of hydrogen-bond acceptors (Lipinski definition) is 2. The van der Waals surface area contributed by atoms with Gasteiger partial charge in [0.05, 0.1) is 11.3 Å². The fourth-order valence-corrected chi connectivity index (χ4v) is 3.32. The molecular formula is C16H20INO3. The number of amides is 1. The summed E-state index contributed by atoms with van der Waals surface area (Å²) in [6.07, 6.45) is 7.66. The molecule has 2 rings (SSSR count). The molecule has 0 saturated heterocycles. The number of carbonyl (C=O) groups is 2. The number of carbonyl (C=O) groups excluding carboxylic acids is 1. The van der Waals surface area contributed by atoms with Crippen molar-refractivity contribution in [3.63, 3.8) is 0 Å². The quantitative estimate of drug-likeness (QED) is 0.724. The van der Waals surface area contributed by atoms with Crippen LogP contribution in [0.15, 0.2) is 18.2 Å². The monoisotopic (exact) mass is 401 g/mol. The zero-order chi connectivity index (χ0) is 15.2. The zero-order valence-electron chi connectivity index (χ0n) is 11.9. The van der Waals surface area contributed by atoms with Crippen molar-refractivity contribution in [2.45, 2.75) is 44.9 Å². The number of rotatable bonds is 5. The molecule has 0 atom stereocenters. The molecule has 0 aromatic heterocycles. The van der Waals surface area contributed by atoms with E-state index in [9.17, 15) is 14.7 Å². The molecule has 0 bridgehead atoms. The van der Waals surface area contributed by atoms with Crippen LogP contribution < -0.4 is 5.32 Å².